The average Bonchev–Trinajstić information content (AvgIpc) is 2.34. The van der Waals surface area contributed by atoms with E-state index in [9.17, 15) is 4.79 Å². The quantitative estimate of drug-likeness (QED) is 0.523. The van der Waals surface area contributed by atoms with Gasteiger partial charge in [0.2, 0.25) is 0 Å². The zero-order chi connectivity index (χ0) is 7.56. The number of thiophene rings is 1. The Bertz CT molecular complexity index is 244. The number of carbonyl (C=O) groups is 1. The maximum Gasteiger partial charge on any atom is 0.187 e. The van der Waals surface area contributed by atoms with E-state index >= 15 is 0 Å². The van der Waals surface area contributed by atoms with E-state index in [-0.39, 0.29) is 11.7 Å². The van der Waals surface area contributed by atoms with Gasteiger partial charge in [-0.1, -0.05) is 11.6 Å². The number of hydrogen-bond acceptors (Lipinski definition) is 2. The van der Waals surface area contributed by atoms with E-state index in [2.05, 4.69) is 0 Å². The first-order valence-electron chi connectivity index (χ1n) is 2.58. The minimum Gasteiger partial charge on any atom is -0.292 e. The van der Waals surface area contributed by atoms with E-state index < -0.39 is 0 Å². The Morgan fingerprint density at radius 2 is 2.30 bits per heavy atom. The molecule has 1 aromatic heterocycles. The van der Waals surface area contributed by atoms with E-state index in [1.54, 1.807) is 12.1 Å². The molecule has 4 heteroatoms. The molecule has 0 atom stereocenters. The molecule has 0 aliphatic rings. The first-order chi connectivity index (χ1) is 4.74. The number of hydrogen-bond donors (Lipinski definition) is 0. The lowest BCUT2D eigenvalue weighted by molar-refractivity contribution is 0.102. The minimum absolute atomic E-state index is 0.0246. The smallest absolute Gasteiger partial charge is 0.187 e. The summed E-state index contributed by atoms with van der Waals surface area (Å²) in [6.45, 7) is 0. The van der Waals surface area contributed by atoms with Crippen molar-refractivity contribution in [1.29, 1.82) is 0 Å². The van der Waals surface area contributed by atoms with E-state index in [0.717, 1.165) is 0 Å². The summed E-state index contributed by atoms with van der Waals surface area (Å²) in [5.74, 6) is -0.0461. The topological polar surface area (TPSA) is 17.1 Å². The fourth-order valence-corrected chi connectivity index (χ4v) is 1.73. The normalized spacial score (nSPS) is 9.80. The van der Waals surface area contributed by atoms with Crippen molar-refractivity contribution in [2.75, 3.05) is 5.88 Å². The van der Waals surface area contributed by atoms with Crippen LogP contribution in [0.25, 0.3) is 0 Å². The molecule has 0 saturated heterocycles. The summed E-state index contributed by atoms with van der Waals surface area (Å²) in [4.78, 5) is 11.5. The second-order valence-corrected chi connectivity index (χ2v) is 3.64. The summed E-state index contributed by atoms with van der Waals surface area (Å²) in [6.07, 6.45) is 0. The number of Topliss-reactive ketones (excluding diaryl/α,β-unsaturated/α-hetero) is 1. The van der Waals surface area contributed by atoms with Gasteiger partial charge in [0.1, 0.15) is 0 Å². The van der Waals surface area contributed by atoms with Gasteiger partial charge >= 0.3 is 0 Å². The standard InChI is InChI=1S/C6H4Cl2OS/c7-3-4(9)5-1-2-6(8)10-5/h1-2H,3H2. The SMILES string of the molecule is O=C(CCl)c1ccc(Cl)s1. The van der Waals surface area contributed by atoms with Crippen molar-refractivity contribution >= 4 is 40.3 Å². The third-order valence-electron chi connectivity index (χ3n) is 0.969. The molecule has 0 aromatic carbocycles. The van der Waals surface area contributed by atoms with Gasteiger partial charge in [0, 0.05) is 0 Å². The third-order valence-corrected chi connectivity index (χ3v) is 2.48. The molecule has 0 radical (unpaired) electrons. The predicted octanol–water partition coefficient (Wildman–Crippen LogP) is 2.82. The van der Waals surface area contributed by atoms with Crippen LogP contribution in [0, 0.1) is 0 Å². The van der Waals surface area contributed by atoms with Crippen molar-refractivity contribution in [3.63, 3.8) is 0 Å². The van der Waals surface area contributed by atoms with E-state index in [1.165, 1.54) is 11.3 Å². The Morgan fingerprint density at radius 1 is 1.60 bits per heavy atom. The van der Waals surface area contributed by atoms with Gasteiger partial charge < -0.3 is 0 Å². The Balaban J connectivity index is 2.85. The molecule has 0 spiro atoms. The molecule has 0 bridgehead atoms. The van der Waals surface area contributed by atoms with Crippen LogP contribution < -0.4 is 0 Å². The van der Waals surface area contributed by atoms with Crippen LogP contribution in [0.15, 0.2) is 12.1 Å². The van der Waals surface area contributed by atoms with Gasteiger partial charge in [-0.25, -0.2) is 0 Å². The summed E-state index contributed by atoms with van der Waals surface area (Å²) in [7, 11) is 0. The first kappa shape index (κ1) is 8.05. The molecule has 0 aliphatic heterocycles. The van der Waals surface area contributed by atoms with Crippen LogP contribution in [-0.4, -0.2) is 11.7 Å². The van der Waals surface area contributed by atoms with Gasteiger partial charge in [-0.3, -0.25) is 4.79 Å². The third kappa shape index (κ3) is 1.72. The maximum atomic E-state index is 10.8. The van der Waals surface area contributed by atoms with Crippen molar-refractivity contribution < 1.29 is 4.79 Å². The Labute approximate surface area is 72.6 Å². The monoisotopic (exact) mass is 194 g/mol. The van der Waals surface area contributed by atoms with Gasteiger partial charge in [0.05, 0.1) is 15.1 Å². The van der Waals surface area contributed by atoms with E-state index in [1.807, 2.05) is 0 Å². The first-order valence-corrected chi connectivity index (χ1v) is 4.31. The van der Waals surface area contributed by atoms with Crippen molar-refractivity contribution in [2.24, 2.45) is 0 Å². The van der Waals surface area contributed by atoms with Crippen molar-refractivity contribution in [3.8, 4) is 0 Å². The Kier molecular flexibility index (Phi) is 2.72. The van der Waals surface area contributed by atoms with Gasteiger partial charge in [-0.15, -0.1) is 22.9 Å². The average molecular weight is 195 g/mol. The minimum atomic E-state index is -0.0708. The molecule has 1 aromatic rings. The van der Waals surface area contributed by atoms with Gasteiger partial charge in [-0.2, -0.15) is 0 Å². The lowest BCUT2D eigenvalue weighted by atomic mass is 10.4. The highest BCUT2D eigenvalue weighted by atomic mass is 35.5. The molecule has 1 heterocycles. The van der Waals surface area contributed by atoms with Crippen LogP contribution in [0.3, 0.4) is 0 Å². The van der Waals surface area contributed by atoms with E-state index in [0.29, 0.717) is 9.21 Å². The zero-order valence-electron chi connectivity index (χ0n) is 4.93. The predicted molar refractivity (Wildman–Crippen MR) is 44.4 cm³/mol. The molecule has 0 saturated carbocycles. The zero-order valence-corrected chi connectivity index (χ0v) is 7.26. The van der Waals surface area contributed by atoms with Gasteiger partial charge in [0.15, 0.2) is 5.78 Å². The molecule has 1 rings (SSSR count). The number of carbonyl (C=O) groups excluding carboxylic acids is 1. The number of ketones is 1. The largest absolute Gasteiger partial charge is 0.292 e. The van der Waals surface area contributed by atoms with Crippen LogP contribution in [0.5, 0.6) is 0 Å². The van der Waals surface area contributed by atoms with Crippen molar-refractivity contribution in [2.45, 2.75) is 0 Å². The molecule has 0 aliphatic carbocycles. The molecular weight excluding hydrogens is 191 g/mol. The van der Waals surface area contributed by atoms with E-state index in [4.69, 9.17) is 23.2 Å². The highest BCUT2D eigenvalue weighted by Gasteiger charge is 2.05. The fraction of sp³-hybridized carbons (Fsp3) is 0.167. The molecule has 0 amide bonds. The second-order valence-electron chi connectivity index (χ2n) is 1.66. The van der Waals surface area contributed by atoms with Crippen LogP contribution in [-0.2, 0) is 0 Å². The number of alkyl halides is 1. The molecule has 54 valence electrons. The van der Waals surface area contributed by atoms with Crippen LogP contribution >= 0.6 is 34.5 Å². The lowest BCUT2D eigenvalue weighted by Crippen LogP contribution is -1.95. The highest BCUT2D eigenvalue weighted by Crippen LogP contribution is 2.21. The molecule has 1 nitrogen and oxygen atoms in total. The second kappa shape index (κ2) is 3.37. The summed E-state index contributed by atoms with van der Waals surface area (Å²) in [6, 6.07) is 3.36. The van der Waals surface area contributed by atoms with Crippen LogP contribution in [0.1, 0.15) is 9.67 Å². The maximum absolute atomic E-state index is 10.8. The number of rotatable bonds is 2. The summed E-state index contributed by atoms with van der Waals surface area (Å²) < 4.78 is 0.619. The van der Waals surface area contributed by atoms with Crippen LogP contribution in [0.4, 0.5) is 0 Å². The summed E-state index contributed by atoms with van der Waals surface area (Å²) in [5.41, 5.74) is 0. The molecule has 10 heavy (non-hydrogen) atoms. The Morgan fingerprint density at radius 3 is 2.70 bits per heavy atom. The lowest BCUT2D eigenvalue weighted by Gasteiger charge is -1.85. The fourth-order valence-electron chi connectivity index (χ4n) is 0.530. The molecule has 0 N–H and O–H groups in total. The van der Waals surface area contributed by atoms with Crippen molar-refractivity contribution in [3.05, 3.63) is 21.3 Å². The molecule has 0 unspecified atom stereocenters. The van der Waals surface area contributed by atoms with Crippen LogP contribution in [0.2, 0.25) is 4.34 Å². The van der Waals surface area contributed by atoms with Gasteiger partial charge in [0.25, 0.3) is 0 Å². The Hall–Kier alpha value is -0.0500. The highest BCUT2D eigenvalue weighted by molar-refractivity contribution is 7.18. The van der Waals surface area contributed by atoms with Crippen molar-refractivity contribution in [1.82, 2.24) is 0 Å². The summed E-state index contributed by atoms with van der Waals surface area (Å²) >= 11 is 12.1. The van der Waals surface area contributed by atoms with Gasteiger partial charge in [-0.05, 0) is 12.1 Å². The molecule has 0 fully saturated rings. The molecular formula is C6H4Cl2OS. The number of halogens is 2. The summed E-state index contributed by atoms with van der Waals surface area (Å²) in [5, 5.41) is 0.